The van der Waals surface area contributed by atoms with Crippen LogP contribution in [-0.4, -0.2) is 25.2 Å². The molecule has 24 heavy (non-hydrogen) atoms. The van der Waals surface area contributed by atoms with Crippen LogP contribution in [0.1, 0.15) is 57.9 Å². The van der Waals surface area contributed by atoms with Gasteiger partial charge in [-0.1, -0.05) is 25.8 Å². The van der Waals surface area contributed by atoms with E-state index in [0.29, 0.717) is 11.5 Å². The molecule has 0 aliphatic heterocycles. The van der Waals surface area contributed by atoms with Gasteiger partial charge in [-0.25, -0.2) is 0 Å². The van der Waals surface area contributed by atoms with Crippen molar-refractivity contribution in [3.05, 3.63) is 23.8 Å². The molecule has 1 atom stereocenters. The third-order valence-corrected chi connectivity index (χ3v) is 3.62. The molecule has 0 fully saturated rings. The van der Waals surface area contributed by atoms with Crippen LogP contribution in [-0.2, 0) is 14.3 Å². The number of rotatable bonds is 10. The van der Waals surface area contributed by atoms with Crippen LogP contribution in [0.2, 0.25) is 0 Å². The predicted molar refractivity (Wildman–Crippen MR) is 92.3 cm³/mol. The first-order valence-electron chi connectivity index (χ1n) is 8.51. The maximum Gasteiger partial charge on any atom is 0.311 e. The fourth-order valence-corrected chi connectivity index (χ4v) is 2.27. The van der Waals surface area contributed by atoms with Crippen LogP contribution in [0.5, 0.6) is 11.5 Å². The number of benzene rings is 1. The van der Waals surface area contributed by atoms with Crippen molar-refractivity contribution in [1.29, 1.82) is 0 Å². The molecule has 5 heteroatoms. The van der Waals surface area contributed by atoms with Crippen molar-refractivity contribution in [3.63, 3.8) is 0 Å². The lowest BCUT2D eigenvalue weighted by Crippen LogP contribution is -2.17. The largest absolute Gasteiger partial charge is 0.493 e. The SMILES string of the molecule is CCCCCC(C)OC(=O)CCC(=O)Oc1cc(C)ccc1OC. The highest BCUT2D eigenvalue weighted by Gasteiger charge is 2.15. The summed E-state index contributed by atoms with van der Waals surface area (Å²) in [6.45, 7) is 5.91. The number of esters is 2. The van der Waals surface area contributed by atoms with Gasteiger partial charge in [-0.3, -0.25) is 9.59 Å². The van der Waals surface area contributed by atoms with E-state index in [9.17, 15) is 9.59 Å². The molecule has 0 aromatic heterocycles. The smallest absolute Gasteiger partial charge is 0.311 e. The van der Waals surface area contributed by atoms with E-state index in [1.807, 2.05) is 19.9 Å². The standard InChI is InChI=1S/C19H28O5/c1-5-6-7-8-15(3)23-18(20)11-12-19(21)24-17-13-14(2)9-10-16(17)22-4/h9-10,13,15H,5-8,11-12H2,1-4H3. The Morgan fingerprint density at radius 3 is 2.46 bits per heavy atom. The van der Waals surface area contributed by atoms with E-state index in [1.54, 1.807) is 12.1 Å². The third-order valence-electron chi connectivity index (χ3n) is 3.62. The molecule has 0 saturated carbocycles. The van der Waals surface area contributed by atoms with Gasteiger partial charge in [0.05, 0.1) is 26.1 Å². The summed E-state index contributed by atoms with van der Waals surface area (Å²) in [7, 11) is 1.51. The predicted octanol–water partition coefficient (Wildman–Crippen LogP) is 4.20. The van der Waals surface area contributed by atoms with Crippen molar-refractivity contribution in [2.24, 2.45) is 0 Å². The van der Waals surface area contributed by atoms with Crippen LogP contribution in [0.15, 0.2) is 18.2 Å². The Bertz CT molecular complexity index is 539. The first-order valence-corrected chi connectivity index (χ1v) is 8.51. The van der Waals surface area contributed by atoms with E-state index in [4.69, 9.17) is 14.2 Å². The fraction of sp³-hybridized carbons (Fsp3) is 0.579. The van der Waals surface area contributed by atoms with Crippen LogP contribution >= 0.6 is 0 Å². The summed E-state index contributed by atoms with van der Waals surface area (Å²) < 4.78 is 15.7. The van der Waals surface area contributed by atoms with Crippen molar-refractivity contribution in [1.82, 2.24) is 0 Å². The topological polar surface area (TPSA) is 61.8 Å². The van der Waals surface area contributed by atoms with Crippen molar-refractivity contribution < 1.29 is 23.8 Å². The molecule has 0 amide bonds. The molecule has 0 spiro atoms. The Balaban J connectivity index is 2.38. The molecule has 134 valence electrons. The average molecular weight is 336 g/mol. The minimum atomic E-state index is -0.477. The Morgan fingerprint density at radius 1 is 1.08 bits per heavy atom. The lowest BCUT2D eigenvalue weighted by atomic mass is 10.1. The number of aryl methyl sites for hydroxylation is 1. The van der Waals surface area contributed by atoms with Gasteiger partial charge in [0, 0.05) is 0 Å². The second-order valence-corrected chi connectivity index (χ2v) is 5.92. The van der Waals surface area contributed by atoms with Crippen LogP contribution in [0, 0.1) is 6.92 Å². The molecule has 1 rings (SSSR count). The Kier molecular flexibility index (Phi) is 8.90. The second kappa shape index (κ2) is 10.7. The quantitative estimate of drug-likeness (QED) is 0.364. The first kappa shape index (κ1) is 20.0. The van der Waals surface area contributed by atoms with Crippen LogP contribution in [0.4, 0.5) is 0 Å². The molecule has 0 aliphatic rings. The molecule has 5 nitrogen and oxygen atoms in total. The number of hydrogen-bond acceptors (Lipinski definition) is 5. The van der Waals surface area contributed by atoms with Gasteiger partial charge in [0.15, 0.2) is 11.5 Å². The van der Waals surface area contributed by atoms with Gasteiger partial charge in [-0.05, 0) is 44.4 Å². The summed E-state index contributed by atoms with van der Waals surface area (Å²) in [5.74, 6) is 0.00603. The highest BCUT2D eigenvalue weighted by Crippen LogP contribution is 2.28. The fourth-order valence-electron chi connectivity index (χ4n) is 2.27. The van der Waals surface area contributed by atoms with Gasteiger partial charge in [-0.15, -0.1) is 0 Å². The molecule has 0 aliphatic carbocycles. The molecule has 0 N–H and O–H groups in total. The highest BCUT2D eigenvalue weighted by atomic mass is 16.6. The van der Waals surface area contributed by atoms with Gasteiger partial charge in [0.1, 0.15) is 0 Å². The van der Waals surface area contributed by atoms with E-state index in [0.717, 1.165) is 31.2 Å². The molecule has 0 bridgehead atoms. The van der Waals surface area contributed by atoms with E-state index in [-0.39, 0.29) is 24.9 Å². The van der Waals surface area contributed by atoms with Gasteiger partial charge in [0.2, 0.25) is 0 Å². The normalized spacial score (nSPS) is 11.7. The molecule has 0 heterocycles. The van der Waals surface area contributed by atoms with Crippen LogP contribution < -0.4 is 9.47 Å². The maximum atomic E-state index is 11.9. The number of methoxy groups -OCH3 is 1. The van der Waals surface area contributed by atoms with Crippen LogP contribution in [0.25, 0.3) is 0 Å². The molecule has 0 radical (unpaired) electrons. The first-order chi connectivity index (χ1) is 11.5. The van der Waals surface area contributed by atoms with Crippen LogP contribution in [0.3, 0.4) is 0 Å². The lowest BCUT2D eigenvalue weighted by Gasteiger charge is -2.13. The Morgan fingerprint density at radius 2 is 1.79 bits per heavy atom. The lowest BCUT2D eigenvalue weighted by molar-refractivity contribution is -0.151. The molecule has 1 aromatic rings. The minimum absolute atomic E-state index is 0.0163. The zero-order valence-corrected chi connectivity index (χ0v) is 15.1. The summed E-state index contributed by atoms with van der Waals surface area (Å²) in [5.41, 5.74) is 0.957. The zero-order valence-electron chi connectivity index (χ0n) is 15.1. The van der Waals surface area contributed by atoms with Gasteiger partial charge in [-0.2, -0.15) is 0 Å². The number of carbonyl (C=O) groups excluding carboxylic acids is 2. The van der Waals surface area contributed by atoms with Gasteiger partial charge in [0.25, 0.3) is 0 Å². The van der Waals surface area contributed by atoms with Gasteiger partial charge < -0.3 is 14.2 Å². The van der Waals surface area contributed by atoms with Crippen molar-refractivity contribution in [3.8, 4) is 11.5 Å². The highest BCUT2D eigenvalue weighted by molar-refractivity contribution is 5.79. The molecule has 0 saturated heterocycles. The molecular formula is C19H28O5. The van der Waals surface area contributed by atoms with E-state index >= 15 is 0 Å². The number of hydrogen-bond donors (Lipinski definition) is 0. The molecular weight excluding hydrogens is 308 g/mol. The van der Waals surface area contributed by atoms with Gasteiger partial charge >= 0.3 is 11.9 Å². The summed E-state index contributed by atoms with van der Waals surface area (Å²) >= 11 is 0. The minimum Gasteiger partial charge on any atom is -0.493 e. The average Bonchev–Trinajstić information content (AvgIpc) is 2.53. The third kappa shape index (κ3) is 7.49. The van der Waals surface area contributed by atoms with Crippen molar-refractivity contribution >= 4 is 11.9 Å². The van der Waals surface area contributed by atoms with Crippen molar-refractivity contribution in [2.45, 2.75) is 65.4 Å². The van der Waals surface area contributed by atoms with E-state index in [1.165, 1.54) is 7.11 Å². The Labute approximate surface area is 144 Å². The monoisotopic (exact) mass is 336 g/mol. The van der Waals surface area contributed by atoms with Crippen molar-refractivity contribution in [2.75, 3.05) is 7.11 Å². The maximum absolute atomic E-state index is 11.9. The molecule has 1 aromatic carbocycles. The summed E-state index contributed by atoms with van der Waals surface area (Å²) in [5, 5.41) is 0. The molecule has 1 unspecified atom stereocenters. The number of carbonyl (C=O) groups is 2. The number of unbranched alkanes of at least 4 members (excludes halogenated alkanes) is 2. The Hall–Kier alpha value is -2.04. The zero-order chi connectivity index (χ0) is 17.9. The summed E-state index contributed by atoms with van der Waals surface area (Å²) in [6, 6.07) is 5.34. The van der Waals surface area contributed by atoms with E-state index < -0.39 is 5.97 Å². The summed E-state index contributed by atoms with van der Waals surface area (Å²) in [6.07, 6.45) is 4.05. The number of ether oxygens (including phenoxy) is 3. The van der Waals surface area contributed by atoms with E-state index in [2.05, 4.69) is 6.92 Å². The summed E-state index contributed by atoms with van der Waals surface area (Å²) in [4.78, 5) is 23.7. The second-order valence-electron chi connectivity index (χ2n) is 5.92.